The first kappa shape index (κ1) is 10.2. The molecular formula is C11H12ClN3. The lowest BCUT2D eigenvalue weighted by molar-refractivity contribution is 0.729. The maximum atomic E-state index is 5.83. The van der Waals surface area contributed by atoms with Crippen molar-refractivity contribution < 1.29 is 0 Å². The van der Waals surface area contributed by atoms with Crippen LogP contribution >= 0.6 is 11.6 Å². The maximum Gasteiger partial charge on any atom is 0.0650 e. The van der Waals surface area contributed by atoms with Crippen molar-refractivity contribution in [1.82, 2.24) is 15.1 Å². The van der Waals surface area contributed by atoms with E-state index in [2.05, 4.69) is 10.4 Å². The van der Waals surface area contributed by atoms with Crippen molar-refractivity contribution in [2.45, 2.75) is 6.54 Å². The molecule has 0 radical (unpaired) electrons. The molecule has 4 heteroatoms. The van der Waals surface area contributed by atoms with Gasteiger partial charge in [0.15, 0.2) is 0 Å². The van der Waals surface area contributed by atoms with E-state index in [0.29, 0.717) is 0 Å². The van der Waals surface area contributed by atoms with E-state index < -0.39 is 0 Å². The smallest absolute Gasteiger partial charge is 0.0650 e. The molecule has 0 fully saturated rings. The van der Waals surface area contributed by atoms with Crippen molar-refractivity contribution in [2.75, 3.05) is 7.05 Å². The lowest BCUT2D eigenvalue weighted by atomic mass is 10.3. The molecule has 0 amide bonds. The van der Waals surface area contributed by atoms with Gasteiger partial charge in [0.05, 0.1) is 11.4 Å². The highest BCUT2D eigenvalue weighted by Gasteiger charge is 2.03. The molecule has 2 aromatic rings. The van der Waals surface area contributed by atoms with Gasteiger partial charge in [-0.25, -0.2) is 4.68 Å². The Labute approximate surface area is 93.7 Å². The van der Waals surface area contributed by atoms with Gasteiger partial charge in [0, 0.05) is 17.8 Å². The Hall–Kier alpha value is -1.32. The van der Waals surface area contributed by atoms with Crippen LogP contribution in [0.2, 0.25) is 5.02 Å². The zero-order chi connectivity index (χ0) is 10.7. The molecule has 1 heterocycles. The second-order valence-electron chi connectivity index (χ2n) is 3.24. The van der Waals surface area contributed by atoms with Gasteiger partial charge in [-0.2, -0.15) is 5.10 Å². The Balaban J connectivity index is 2.36. The number of hydrogen-bond acceptors (Lipinski definition) is 2. The average molecular weight is 222 g/mol. The third-order valence-corrected chi connectivity index (χ3v) is 2.40. The normalized spacial score (nSPS) is 10.5. The van der Waals surface area contributed by atoms with Gasteiger partial charge < -0.3 is 5.32 Å². The first-order valence-electron chi connectivity index (χ1n) is 4.74. The highest BCUT2D eigenvalue weighted by molar-refractivity contribution is 6.30. The van der Waals surface area contributed by atoms with Crippen LogP contribution in [0.25, 0.3) is 5.69 Å². The Kier molecular flexibility index (Phi) is 3.04. The van der Waals surface area contributed by atoms with Crippen LogP contribution in [-0.2, 0) is 6.54 Å². The van der Waals surface area contributed by atoms with E-state index in [9.17, 15) is 0 Å². The Bertz CT molecular complexity index is 433. The summed E-state index contributed by atoms with van der Waals surface area (Å²) >= 11 is 5.83. The number of aromatic nitrogens is 2. The van der Waals surface area contributed by atoms with Crippen LogP contribution in [0.3, 0.4) is 0 Å². The van der Waals surface area contributed by atoms with Gasteiger partial charge in [-0.05, 0) is 37.4 Å². The van der Waals surface area contributed by atoms with Crippen molar-refractivity contribution in [1.29, 1.82) is 0 Å². The fourth-order valence-electron chi connectivity index (χ4n) is 1.46. The van der Waals surface area contributed by atoms with Crippen LogP contribution in [0.15, 0.2) is 36.5 Å². The van der Waals surface area contributed by atoms with Gasteiger partial charge >= 0.3 is 0 Å². The monoisotopic (exact) mass is 221 g/mol. The number of rotatable bonds is 3. The fourth-order valence-corrected chi connectivity index (χ4v) is 1.59. The van der Waals surface area contributed by atoms with Crippen molar-refractivity contribution in [3.63, 3.8) is 0 Å². The van der Waals surface area contributed by atoms with Gasteiger partial charge in [-0.15, -0.1) is 0 Å². The molecule has 0 unspecified atom stereocenters. The molecule has 0 aliphatic rings. The summed E-state index contributed by atoms with van der Waals surface area (Å²) in [5.74, 6) is 0. The summed E-state index contributed by atoms with van der Waals surface area (Å²) in [6, 6.07) is 9.62. The van der Waals surface area contributed by atoms with Gasteiger partial charge in [0.2, 0.25) is 0 Å². The molecule has 0 spiro atoms. The van der Waals surface area contributed by atoms with Gasteiger partial charge in [-0.1, -0.05) is 11.6 Å². The van der Waals surface area contributed by atoms with Crippen molar-refractivity contribution >= 4 is 11.6 Å². The van der Waals surface area contributed by atoms with E-state index in [1.165, 1.54) is 0 Å². The minimum atomic E-state index is 0.737. The number of hydrogen-bond donors (Lipinski definition) is 1. The van der Waals surface area contributed by atoms with E-state index in [1.807, 2.05) is 42.1 Å². The fraction of sp³-hybridized carbons (Fsp3) is 0.182. The second-order valence-corrected chi connectivity index (χ2v) is 3.68. The summed E-state index contributed by atoms with van der Waals surface area (Å²) in [6.07, 6.45) is 1.79. The third kappa shape index (κ3) is 2.19. The highest BCUT2D eigenvalue weighted by Crippen LogP contribution is 2.14. The standard InChI is InChI=1S/C11H12ClN3/c1-13-8-11-6-7-14-15(11)10-4-2-9(12)3-5-10/h2-7,13H,8H2,1H3. The zero-order valence-electron chi connectivity index (χ0n) is 8.44. The number of halogens is 1. The molecule has 1 N–H and O–H groups in total. The summed E-state index contributed by atoms with van der Waals surface area (Å²) in [4.78, 5) is 0. The predicted molar refractivity (Wildman–Crippen MR) is 61.3 cm³/mol. The molecule has 0 aliphatic carbocycles. The van der Waals surface area contributed by atoms with Gasteiger partial charge in [-0.3, -0.25) is 0 Å². The zero-order valence-corrected chi connectivity index (χ0v) is 9.20. The third-order valence-electron chi connectivity index (χ3n) is 2.15. The maximum absolute atomic E-state index is 5.83. The van der Waals surface area contributed by atoms with Crippen LogP contribution in [0.4, 0.5) is 0 Å². The first-order valence-corrected chi connectivity index (χ1v) is 5.12. The molecular weight excluding hydrogens is 210 g/mol. The molecule has 0 bridgehead atoms. The van der Waals surface area contributed by atoms with Gasteiger partial charge in [0.1, 0.15) is 0 Å². The molecule has 0 aliphatic heterocycles. The van der Waals surface area contributed by atoms with Crippen LogP contribution in [0.1, 0.15) is 5.69 Å². The lowest BCUT2D eigenvalue weighted by Gasteiger charge is -2.06. The molecule has 1 aromatic heterocycles. The second kappa shape index (κ2) is 4.47. The number of nitrogens with one attached hydrogen (secondary N) is 1. The van der Waals surface area contributed by atoms with Crippen molar-refractivity contribution in [3.8, 4) is 5.69 Å². The summed E-state index contributed by atoms with van der Waals surface area (Å²) < 4.78 is 1.90. The molecule has 0 saturated heterocycles. The Morgan fingerprint density at radius 2 is 2.00 bits per heavy atom. The lowest BCUT2D eigenvalue weighted by Crippen LogP contribution is -2.10. The summed E-state index contributed by atoms with van der Waals surface area (Å²) in [5, 5.41) is 8.11. The first-order chi connectivity index (χ1) is 7.31. The molecule has 15 heavy (non-hydrogen) atoms. The molecule has 1 aromatic carbocycles. The van der Waals surface area contributed by atoms with E-state index in [-0.39, 0.29) is 0 Å². The number of nitrogens with zero attached hydrogens (tertiary/aromatic N) is 2. The van der Waals surface area contributed by atoms with E-state index >= 15 is 0 Å². The van der Waals surface area contributed by atoms with Crippen molar-refractivity contribution in [2.24, 2.45) is 0 Å². The largest absolute Gasteiger partial charge is 0.314 e. The summed E-state index contributed by atoms with van der Waals surface area (Å²) in [6.45, 7) is 0.794. The quantitative estimate of drug-likeness (QED) is 0.862. The molecule has 2 rings (SSSR count). The van der Waals surface area contributed by atoms with E-state index in [4.69, 9.17) is 11.6 Å². The minimum Gasteiger partial charge on any atom is -0.314 e. The Morgan fingerprint density at radius 1 is 1.27 bits per heavy atom. The minimum absolute atomic E-state index is 0.737. The molecule has 78 valence electrons. The van der Waals surface area contributed by atoms with Crippen LogP contribution in [-0.4, -0.2) is 16.8 Å². The SMILES string of the molecule is CNCc1ccnn1-c1ccc(Cl)cc1. The van der Waals surface area contributed by atoms with Crippen molar-refractivity contribution in [3.05, 3.63) is 47.2 Å². The highest BCUT2D eigenvalue weighted by atomic mass is 35.5. The summed E-state index contributed by atoms with van der Waals surface area (Å²) in [7, 11) is 1.92. The Morgan fingerprint density at radius 3 is 2.67 bits per heavy atom. The molecule has 3 nitrogen and oxygen atoms in total. The van der Waals surface area contributed by atoms with Crippen LogP contribution < -0.4 is 5.32 Å². The van der Waals surface area contributed by atoms with Crippen LogP contribution in [0.5, 0.6) is 0 Å². The number of benzene rings is 1. The predicted octanol–water partition coefficient (Wildman–Crippen LogP) is 2.25. The summed E-state index contributed by atoms with van der Waals surface area (Å²) in [5.41, 5.74) is 2.15. The van der Waals surface area contributed by atoms with E-state index in [1.54, 1.807) is 6.20 Å². The van der Waals surface area contributed by atoms with Crippen LogP contribution in [0, 0.1) is 0 Å². The van der Waals surface area contributed by atoms with E-state index in [0.717, 1.165) is 22.9 Å². The average Bonchev–Trinajstić information content (AvgIpc) is 2.68. The topological polar surface area (TPSA) is 29.9 Å². The molecule has 0 atom stereocenters. The van der Waals surface area contributed by atoms with Gasteiger partial charge in [0.25, 0.3) is 0 Å². The molecule has 0 saturated carbocycles.